The molecule has 0 spiro atoms. The number of rotatable bonds is 5. The molecule has 0 amide bonds. The van der Waals surface area contributed by atoms with Crippen LogP contribution in [0, 0.1) is 0 Å². The average molecular weight is 312 g/mol. The van der Waals surface area contributed by atoms with Crippen LogP contribution < -0.4 is 10.5 Å². The van der Waals surface area contributed by atoms with Crippen LogP contribution in [0.25, 0.3) is 11.5 Å². The Bertz CT molecular complexity index is 528. The van der Waals surface area contributed by atoms with Gasteiger partial charge in [-0.3, -0.25) is 0 Å². The van der Waals surface area contributed by atoms with Crippen LogP contribution in [0.5, 0.6) is 5.75 Å². The smallest absolute Gasteiger partial charge is 0.249 e. The highest BCUT2D eigenvalue weighted by Crippen LogP contribution is 2.30. The van der Waals surface area contributed by atoms with Gasteiger partial charge < -0.3 is 14.9 Å². The summed E-state index contributed by atoms with van der Waals surface area (Å²) in [5.41, 5.74) is 6.26. The van der Waals surface area contributed by atoms with Crippen molar-refractivity contribution in [2.24, 2.45) is 5.73 Å². The summed E-state index contributed by atoms with van der Waals surface area (Å²) >= 11 is 3.45. The fourth-order valence-electron chi connectivity index (χ4n) is 1.51. The van der Waals surface area contributed by atoms with Crippen LogP contribution in [0.3, 0.4) is 0 Å². The first kappa shape index (κ1) is 13.0. The lowest BCUT2D eigenvalue weighted by atomic mass is 10.2. The SMILES string of the molecule is COc1ccc(Br)c(-c2nnc(CCCN)o2)c1. The van der Waals surface area contributed by atoms with Crippen molar-refractivity contribution in [1.82, 2.24) is 10.2 Å². The topological polar surface area (TPSA) is 74.2 Å². The van der Waals surface area contributed by atoms with Gasteiger partial charge in [0.05, 0.1) is 12.7 Å². The largest absolute Gasteiger partial charge is 0.497 e. The highest BCUT2D eigenvalue weighted by Gasteiger charge is 2.12. The van der Waals surface area contributed by atoms with E-state index in [4.69, 9.17) is 14.9 Å². The van der Waals surface area contributed by atoms with Crippen molar-refractivity contribution in [3.05, 3.63) is 28.6 Å². The second kappa shape index (κ2) is 5.97. The lowest BCUT2D eigenvalue weighted by Gasteiger charge is -2.03. The van der Waals surface area contributed by atoms with Crippen molar-refractivity contribution in [3.63, 3.8) is 0 Å². The molecule has 1 heterocycles. The van der Waals surface area contributed by atoms with E-state index in [9.17, 15) is 0 Å². The summed E-state index contributed by atoms with van der Waals surface area (Å²) in [6.07, 6.45) is 1.53. The van der Waals surface area contributed by atoms with Gasteiger partial charge in [-0.05, 0) is 47.1 Å². The Hall–Kier alpha value is -1.40. The number of ether oxygens (including phenoxy) is 1. The zero-order valence-electron chi connectivity index (χ0n) is 10.0. The maximum Gasteiger partial charge on any atom is 0.249 e. The summed E-state index contributed by atoms with van der Waals surface area (Å²) in [5.74, 6) is 1.83. The van der Waals surface area contributed by atoms with Gasteiger partial charge in [-0.15, -0.1) is 10.2 Å². The predicted octanol–water partition coefficient (Wildman–Crippen LogP) is 2.40. The van der Waals surface area contributed by atoms with Crippen LogP contribution in [-0.4, -0.2) is 23.9 Å². The number of halogens is 1. The Morgan fingerprint density at radius 3 is 2.94 bits per heavy atom. The standard InChI is InChI=1S/C12H14BrN3O2/c1-17-8-4-5-10(13)9(7-8)12-16-15-11(18-12)3-2-6-14/h4-5,7H,2-3,6,14H2,1H3. The van der Waals surface area contributed by atoms with Crippen molar-refractivity contribution in [2.75, 3.05) is 13.7 Å². The number of methoxy groups -OCH3 is 1. The molecule has 5 nitrogen and oxygen atoms in total. The summed E-state index contributed by atoms with van der Waals surface area (Å²) < 4.78 is 11.7. The zero-order valence-corrected chi connectivity index (χ0v) is 11.6. The maximum atomic E-state index is 5.59. The molecule has 2 rings (SSSR count). The lowest BCUT2D eigenvalue weighted by molar-refractivity contribution is 0.414. The third-order valence-corrected chi connectivity index (χ3v) is 3.16. The molecule has 0 atom stereocenters. The molecule has 1 aromatic carbocycles. The molecule has 2 N–H and O–H groups in total. The molecule has 0 bridgehead atoms. The summed E-state index contributed by atoms with van der Waals surface area (Å²) in [6.45, 7) is 0.612. The molecule has 0 radical (unpaired) electrons. The molecule has 96 valence electrons. The molecule has 6 heteroatoms. The fourth-order valence-corrected chi connectivity index (χ4v) is 1.93. The highest BCUT2D eigenvalue weighted by atomic mass is 79.9. The van der Waals surface area contributed by atoms with Gasteiger partial charge in [0.2, 0.25) is 11.8 Å². The molecule has 0 saturated carbocycles. The van der Waals surface area contributed by atoms with Gasteiger partial charge in [0.1, 0.15) is 5.75 Å². The van der Waals surface area contributed by atoms with E-state index < -0.39 is 0 Å². The summed E-state index contributed by atoms with van der Waals surface area (Å²) in [6, 6.07) is 5.60. The van der Waals surface area contributed by atoms with Crippen LogP contribution >= 0.6 is 15.9 Å². The Morgan fingerprint density at radius 2 is 2.22 bits per heavy atom. The van der Waals surface area contributed by atoms with E-state index in [0.717, 1.165) is 22.2 Å². The minimum atomic E-state index is 0.479. The normalized spacial score (nSPS) is 10.6. The number of hydrogen-bond acceptors (Lipinski definition) is 5. The van der Waals surface area contributed by atoms with Crippen molar-refractivity contribution in [1.29, 1.82) is 0 Å². The predicted molar refractivity (Wildman–Crippen MR) is 71.4 cm³/mol. The molecular weight excluding hydrogens is 298 g/mol. The van der Waals surface area contributed by atoms with E-state index in [1.165, 1.54) is 0 Å². The van der Waals surface area contributed by atoms with Crippen molar-refractivity contribution in [2.45, 2.75) is 12.8 Å². The zero-order chi connectivity index (χ0) is 13.0. The number of nitrogens with zero attached hydrogens (tertiary/aromatic N) is 2. The van der Waals surface area contributed by atoms with E-state index >= 15 is 0 Å². The first-order valence-corrected chi connectivity index (χ1v) is 6.40. The van der Waals surface area contributed by atoms with Crippen LogP contribution in [0.2, 0.25) is 0 Å². The fraction of sp³-hybridized carbons (Fsp3) is 0.333. The van der Waals surface area contributed by atoms with E-state index in [2.05, 4.69) is 26.1 Å². The summed E-state index contributed by atoms with van der Waals surface area (Å²) in [5, 5.41) is 8.03. The monoisotopic (exact) mass is 311 g/mol. The Kier molecular flexibility index (Phi) is 4.33. The molecule has 1 aromatic heterocycles. The molecular formula is C12H14BrN3O2. The average Bonchev–Trinajstić information content (AvgIpc) is 2.85. The van der Waals surface area contributed by atoms with Crippen molar-refractivity contribution in [3.8, 4) is 17.2 Å². The van der Waals surface area contributed by atoms with Crippen LogP contribution in [0.4, 0.5) is 0 Å². The van der Waals surface area contributed by atoms with Crippen LogP contribution in [0.1, 0.15) is 12.3 Å². The molecule has 0 aliphatic carbocycles. The molecule has 0 unspecified atom stereocenters. The quantitative estimate of drug-likeness (QED) is 0.917. The first-order valence-electron chi connectivity index (χ1n) is 5.61. The molecule has 0 fully saturated rings. The lowest BCUT2D eigenvalue weighted by Crippen LogP contribution is -2.00. The van der Waals surface area contributed by atoms with Crippen molar-refractivity contribution >= 4 is 15.9 Å². The van der Waals surface area contributed by atoms with Gasteiger partial charge >= 0.3 is 0 Å². The van der Waals surface area contributed by atoms with Gasteiger partial charge in [-0.1, -0.05) is 0 Å². The van der Waals surface area contributed by atoms with Gasteiger partial charge in [0.15, 0.2) is 0 Å². The third-order valence-electron chi connectivity index (χ3n) is 2.47. The van der Waals surface area contributed by atoms with E-state index in [1.807, 2.05) is 18.2 Å². The molecule has 0 saturated heterocycles. The number of nitrogens with two attached hydrogens (primary N) is 1. The number of aryl methyl sites for hydroxylation is 1. The third kappa shape index (κ3) is 2.88. The van der Waals surface area contributed by atoms with E-state index in [1.54, 1.807) is 7.11 Å². The molecule has 0 aliphatic rings. The Balaban J connectivity index is 2.27. The molecule has 18 heavy (non-hydrogen) atoms. The maximum absolute atomic E-state index is 5.59. The van der Waals surface area contributed by atoms with Gasteiger partial charge in [-0.25, -0.2) is 0 Å². The van der Waals surface area contributed by atoms with E-state index in [-0.39, 0.29) is 0 Å². The second-order valence-electron chi connectivity index (χ2n) is 3.74. The minimum absolute atomic E-state index is 0.479. The number of hydrogen-bond donors (Lipinski definition) is 1. The minimum Gasteiger partial charge on any atom is -0.497 e. The first-order chi connectivity index (χ1) is 8.74. The van der Waals surface area contributed by atoms with Crippen LogP contribution in [-0.2, 0) is 6.42 Å². The Labute approximate surface area is 113 Å². The Morgan fingerprint density at radius 1 is 1.39 bits per heavy atom. The molecule has 0 aliphatic heterocycles. The van der Waals surface area contributed by atoms with Gasteiger partial charge in [0.25, 0.3) is 0 Å². The van der Waals surface area contributed by atoms with Gasteiger partial charge in [-0.2, -0.15) is 0 Å². The second-order valence-corrected chi connectivity index (χ2v) is 4.59. The summed E-state index contributed by atoms with van der Waals surface area (Å²) in [4.78, 5) is 0. The number of benzene rings is 1. The molecule has 2 aromatic rings. The van der Waals surface area contributed by atoms with Gasteiger partial charge in [0, 0.05) is 10.9 Å². The van der Waals surface area contributed by atoms with Crippen LogP contribution in [0.15, 0.2) is 27.1 Å². The highest BCUT2D eigenvalue weighted by molar-refractivity contribution is 9.10. The number of aromatic nitrogens is 2. The van der Waals surface area contributed by atoms with Crippen molar-refractivity contribution < 1.29 is 9.15 Å². The summed E-state index contributed by atoms with van der Waals surface area (Å²) in [7, 11) is 1.62. The van der Waals surface area contributed by atoms with E-state index in [0.29, 0.717) is 24.7 Å².